The Morgan fingerprint density at radius 2 is 2.22 bits per heavy atom. The van der Waals surface area contributed by atoms with Crippen LogP contribution in [0.1, 0.15) is 19.8 Å². The summed E-state index contributed by atoms with van der Waals surface area (Å²) in [5.74, 6) is 1.26. The molecule has 0 aliphatic carbocycles. The number of carbonyl (C=O) groups excluding carboxylic acids is 1. The summed E-state index contributed by atoms with van der Waals surface area (Å²) < 4.78 is 0.774. The first kappa shape index (κ1) is 14.7. The monoisotopic (exact) mass is 315 g/mol. The maximum absolute atomic E-state index is 11.4. The Hall–Kier alpha value is -1.37. The van der Waals surface area contributed by atoms with Crippen LogP contribution in [-0.2, 0) is 4.79 Å². The van der Waals surface area contributed by atoms with Gasteiger partial charge in [0.1, 0.15) is 5.82 Å². The molecule has 1 aromatic heterocycles. The number of hydrogen-bond acceptors (Lipinski definition) is 5. The van der Waals surface area contributed by atoms with E-state index in [-0.39, 0.29) is 5.91 Å². The molecule has 18 heavy (non-hydrogen) atoms. The molecule has 0 spiro atoms. The first-order valence-corrected chi connectivity index (χ1v) is 6.67. The molecule has 1 heterocycles. The van der Waals surface area contributed by atoms with Crippen molar-refractivity contribution in [1.29, 1.82) is 0 Å². The van der Waals surface area contributed by atoms with Gasteiger partial charge in [-0.1, -0.05) is 6.92 Å². The Kier molecular flexibility index (Phi) is 6.42. The van der Waals surface area contributed by atoms with Crippen LogP contribution in [-0.4, -0.2) is 36.0 Å². The van der Waals surface area contributed by atoms with Crippen LogP contribution in [0.2, 0.25) is 0 Å². The maximum atomic E-state index is 11.4. The molecule has 0 radical (unpaired) electrons. The lowest BCUT2D eigenvalue weighted by Gasteiger charge is -2.08. The molecule has 1 rings (SSSR count). The van der Waals surface area contributed by atoms with Crippen molar-refractivity contribution in [1.82, 2.24) is 15.3 Å². The van der Waals surface area contributed by atoms with E-state index in [9.17, 15) is 4.79 Å². The number of rotatable bonds is 7. The molecule has 0 bridgehead atoms. The summed E-state index contributed by atoms with van der Waals surface area (Å²) in [7, 11) is 1.76. The van der Waals surface area contributed by atoms with Crippen LogP contribution >= 0.6 is 15.9 Å². The third kappa shape index (κ3) is 4.87. The molecule has 100 valence electrons. The van der Waals surface area contributed by atoms with Crippen LogP contribution in [0.5, 0.6) is 0 Å². The number of nitrogens with one attached hydrogen (secondary N) is 3. The SMILES string of the molecule is CCCNC(=O)CCNc1nc(NC)ncc1Br. The second kappa shape index (κ2) is 7.86. The summed E-state index contributed by atoms with van der Waals surface area (Å²) in [6.07, 6.45) is 3.03. The predicted octanol–water partition coefficient (Wildman–Crippen LogP) is 1.61. The summed E-state index contributed by atoms with van der Waals surface area (Å²) in [5, 5.41) is 8.78. The van der Waals surface area contributed by atoms with Crippen LogP contribution in [0, 0.1) is 0 Å². The summed E-state index contributed by atoms with van der Waals surface area (Å²) in [6.45, 7) is 3.28. The van der Waals surface area contributed by atoms with Crippen LogP contribution in [0.4, 0.5) is 11.8 Å². The van der Waals surface area contributed by atoms with Crippen molar-refractivity contribution in [3.63, 3.8) is 0 Å². The Balaban J connectivity index is 2.41. The highest BCUT2D eigenvalue weighted by atomic mass is 79.9. The number of nitrogens with zero attached hydrogens (tertiary/aromatic N) is 2. The van der Waals surface area contributed by atoms with E-state index in [2.05, 4.69) is 41.8 Å². The summed E-state index contributed by atoms with van der Waals surface area (Å²) in [4.78, 5) is 19.7. The van der Waals surface area contributed by atoms with Gasteiger partial charge in [0, 0.05) is 32.8 Å². The average molecular weight is 316 g/mol. The summed E-state index contributed by atoms with van der Waals surface area (Å²) >= 11 is 3.35. The lowest BCUT2D eigenvalue weighted by molar-refractivity contribution is -0.120. The average Bonchev–Trinajstić information content (AvgIpc) is 2.38. The van der Waals surface area contributed by atoms with E-state index in [1.807, 2.05) is 6.92 Å². The molecule has 0 saturated carbocycles. The van der Waals surface area contributed by atoms with Gasteiger partial charge in [0.15, 0.2) is 0 Å². The molecule has 0 fully saturated rings. The first-order valence-electron chi connectivity index (χ1n) is 5.88. The van der Waals surface area contributed by atoms with Gasteiger partial charge in [0.05, 0.1) is 4.47 Å². The van der Waals surface area contributed by atoms with Crippen molar-refractivity contribution in [3.8, 4) is 0 Å². The number of hydrogen-bond donors (Lipinski definition) is 3. The molecular formula is C11H18BrN5O. The van der Waals surface area contributed by atoms with Gasteiger partial charge >= 0.3 is 0 Å². The zero-order valence-electron chi connectivity index (χ0n) is 10.6. The van der Waals surface area contributed by atoms with Gasteiger partial charge in [-0.2, -0.15) is 4.98 Å². The van der Waals surface area contributed by atoms with E-state index in [1.54, 1.807) is 13.2 Å². The van der Waals surface area contributed by atoms with Crippen molar-refractivity contribution < 1.29 is 4.79 Å². The Morgan fingerprint density at radius 3 is 2.89 bits per heavy atom. The molecular weight excluding hydrogens is 298 g/mol. The number of amides is 1. The van der Waals surface area contributed by atoms with Gasteiger partial charge in [-0.3, -0.25) is 4.79 Å². The number of halogens is 1. The van der Waals surface area contributed by atoms with E-state index in [0.717, 1.165) is 17.4 Å². The fraction of sp³-hybridized carbons (Fsp3) is 0.545. The van der Waals surface area contributed by atoms with Gasteiger partial charge in [0.25, 0.3) is 0 Å². The number of aromatic nitrogens is 2. The van der Waals surface area contributed by atoms with E-state index in [0.29, 0.717) is 24.7 Å². The fourth-order valence-corrected chi connectivity index (χ4v) is 1.59. The highest BCUT2D eigenvalue weighted by molar-refractivity contribution is 9.10. The van der Waals surface area contributed by atoms with Crippen LogP contribution in [0.15, 0.2) is 10.7 Å². The van der Waals surface area contributed by atoms with Gasteiger partial charge in [0.2, 0.25) is 11.9 Å². The fourth-order valence-electron chi connectivity index (χ4n) is 1.26. The van der Waals surface area contributed by atoms with Crippen LogP contribution in [0.25, 0.3) is 0 Å². The molecule has 0 aromatic carbocycles. The molecule has 1 aromatic rings. The van der Waals surface area contributed by atoms with Gasteiger partial charge in [-0.05, 0) is 22.4 Å². The molecule has 0 aliphatic rings. The Bertz CT molecular complexity index is 399. The third-order valence-electron chi connectivity index (χ3n) is 2.18. The van der Waals surface area contributed by atoms with E-state index < -0.39 is 0 Å². The van der Waals surface area contributed by atoms with Gasteiger partial charge in [-0.15, -0.1) is 0 Å². The molecule has 6 nitrogen and oxygen atoms in total. The summed E-state index contributed by atoms with van der Waals surface area (Å²) in [5.41, 5.74) is 0. The number of anilines is 2. The van der Waals surface area contributed by atoms with Gasteiger partial charge < -0.3 is 16.0 Å². The molecule has 1 amide bonds. The van der Waals surface area contributed by atoms with E-state index >= 15 is 0 Å². The highest BCUT2D eigenvalue weighted by Gasteiger charge is 2.05. The molecule has 0 unspecified atom stereocenters. The van der Waals surface area contributed by atoms with Crippen molar-refractivity contribution in [2.24, 2.45) is 0 Å². The Morgan fingerprint density at radius 1 is 1.44 bits per heavy atom. The minimum Gasteiger partial charge on any atom is -0.368 e. The van der Waals surface area contributed by atoms with Crippen molar-refractivity contribution in [3.05, 3.63) is 10.7 Å². The van der Waals surface area contributed by atoms with Crippen LogP contribution < -0.4 is 16.0 Å². The first-order chi connectivity index (χ1) is 8.67. The molecule has 7 heteroatoms. The largest absolute Gasteiger partial charge is 0.368 e. The summed E-state index contributed by atoms with van der Waals surface area (Å²) in [6, 6.07) is 0. The maximum Gasteiger partial charge on any atom is 0.224 e. The zero-order valence-corrected chi connectivity index (χ0v) is 12.2. The molecule has 0 atom stereocenters. The number of carbonyl (C=O) groups is 1. The van der Waals surface area contributed by atoms with E-state index in [4.69, 9.17) is 0 Å². The second-order valence-corrected chi connectivity index (χ2v) is 4.52. The molecule has 0 aliphatic heterocycles. The van der Waals surface area contributed by atoms with Crippen LogP contribution in [0.3, 0.4) is 0 Å². The topological polar surface area (TPSA) is 78.9 Å². The standard InChI is InChI=1S/C11H18BrN5O/c1-3-5-14-9(18)4-6-15-10-8(12)7-16-11(13-2)17-10/h7H,3-6H2,1-2H3,(H,14,18)(H2,13,15,16,17). The quantitative estimate of drug-likeness (QED) is 0.712. The minimum absolute atomic E-state index is 0.0448. The van der Waals surface area contributed by atoms with E-state index in [1.165, 1.54) is 0 Å². The highest BCUT2D eigenvalue weighted by Crippen LogP contribution is 2.19. The smallest absolute Gasteiger partial charge is 0.224 e. The minimum atomic E-state index is 0.0448. The van der Waals surface area contributed by atoms with Crippen molar-refractivity contribution in [2.75, 3.05) is 30.8 Å². The molecule has 0 saturated heterocycles. The van der Waals surface area contributed by atoms with Crippen molar-refractivity contribution in [2.45, 2.75) is 19.8 Å². The lowest BCUT2D eigenvalue weighted by atomic mass is 10.3. The Labute approximate surface area is 115 Å². The lowest BCUT2D eigenvalue weighted by Crippen LogP contribution is -2.26. The van der Waals surface area contributed by atoms with Crippen molar-refractivity contribution >= 4 is 33.6 Å². The molecule has 3 N–H and O–H groups in total. The van der Waals surface area contributed by atoms with Gasteiger partial charge in [-0.25, -0.2) is 4.98 Å². The third-order valence-corrected chi connectivity index (χ3v) is 2.76. The zero-order chi connectivity index (χ0) is 13.4. The second-order valence-electron chi connectivity index (χ2n) is 3.67. The normalized spacial score (nSPS) is 9.94. The predicted molar refractivity (Wildman–Crippen MR) is 75.7 cm³/mol.